The summed E-state index contributed by atoms with van der Waals surface area (Å²) in [6, 6.07) is 1.81. The van der Waals surface area contributed by atoms with Crippen LogP contribution in [-0.2, 0) is 0 Å². The summed E-state index contributed by atoms with van der Waals surface area (Å²) >= 11 is 0. The highest BCUT2D eigenvalue weighted by molar-refractivity contribution is 5.99. The van der Waals surface area contributed by atoms with Crippen LogP contribution in [0, 0.1) is 5.92 Å². The van der Waals surface area contributed by atoms with E-state index in [4.69, 9.17) is 0 Å². The molecule has 0 saturated carbocycles. The van der Waals surface area contributed by atoms with E-state index in [9.17, 15) is 4.79 Å². The summed E-state index contributed by atoms with van der Waals surface area (Å²) in [5.74, 6) is 0.739. The van der Waals surface area contributed by atoms with Gasteiger partial charge in [0.1, 0.15) is 0 Å². The Morgan fingerprint density at radius 3 is 3.11 bits per heavy atom. The molecule has 1 saturated heterocycles. The molecule has 1 aliphatic heterocycles. The molecule has 1 unspecified atom stereocenters. The third-order valence-electron chi connectivity index (χ3n) is 3.33. The van der Waals surface area contributed by atoms with Gasteiger partial charge in [-0.3, -0.25) is 9.78 Å². The zero-order valence-corrected chi connectivity index (χ0v) is 11.1. The molecule has 0 spiro atoms. The molecule has 1 amide bonds. The number of likely N-dealkylation sites (tertiary alicyclic amines) is 1. The van der Waals surface area contributed by atoms with Crippen LogP contribution >= 0.6 is 0 Å². The Balaban J connectivity index is 2.14. The lowest BCUT2D eigenvalue weighted by molar-refractivity contribution is 0.0789. The van der Waals surface area contributed by atoms with E-state index in [0.29, 0.717) is 5.92 Å². The van der Waals surface area contributed by atoms with Gasteiger partial charge in [-0.05, 0) is 24.8 Å². The van der Waals surface area contributed by atoms with Crippen LogP contribution in [0.2, 0.25) is 0 Å². The Morgan fingerprint density at radius 1 is 1.61 bits per heavy atom. The molecule has 0 aliphatic carbocycles. The monoisotopic (exact) mass is 247 g/mol. The highest BCUT2D eigenvalue weighted by Crippen LogP contribution is 2.21. The largest absolute Gasteiger partial charge is 0.383 e. The Morgan fingerprint density at radius 2 is 2.44 bits per heavy atom. The number of nitrogens with one attached hydrogen (secondary N) is 1. The quantitative estimate of drug-likeness (QED) is 0.888. The molecule has 1 fully saturated rings. The van der Waals surface area contributed by atoms with Gasteiger partial charge in [-0.15, -0.1) is 0 Å². The Labute approximate surface area is 108 Å². The maximum Gasteiger partial charge on any atom is 0.256 e. The summed E-state index contributed by atoms with van der Waals surface area (Å²) in [6.45, 7) is 6.90. The lowest BCUT2D eigenvalue weighted by Crippen LogP contribution is -2.29. The number of hydrogen-bond acceptors (Lipinski definition) is 3. The van der Waals surface area contributed by atoms with Crippen molar-refractivity contribution in [3.05, 3.63) is 24.0 Å². The van der Waals surface area contributed by atoms with Crippen LogP contribution in [0.15, 0.2) is 18.5 Å². The molecule has 1 N–H and O–H groups in total. The van der Waals surface area contributed by atoms with Gasteiger partial charge in [-0.2, -0.15) is 0 Å². The van der Waals surface area contributed by atoms with Gasteiger partial charge in [-0.25, -0.2) is 0 Å². The summed E-state index contributed by atoms with van der Waals surface area (Å²) in [7, 11) is 0. The fraction of sp³-hybridized carbons (Fsp3) is 0.571. The topological polar surface area (TPSA) is 45.2 Å². The molecule has 1 aromatic heterocycles. The van der Waals surface area contributed by atoms with E-state index in [1.165, 1.54) is 0 Å². The number of amides is 1. The summed E-state index contributed by atoms with van der Waals surface area (Å²) in [4.78, 5) is 18.5. The smallest absolute Gasteiger partial charge is 0.256 e. The first-order valence-corrected chi connectivity index (χ1v) is 6.69. The lowest BCUT2D eigenvalue weighted by atomic mass is 10.2. The van der Waals surface area contributed by atoms with E-state index in [1.54, 1.807) is 12.4 Å². The third kappa shape index (κ3) is 2.81. The van der Waals surface area contributed by atoms with Gasteiger partial charge in [0.15, 0.2) is 0 Å². The zero-order chi connectivity index (χ0) is 13.0. The van der Waals surface area contributed by atoms with Crippen LogP contribution in [0.5, 0.6) is 0 Å². The van der Waals surface area contributed by atoms with Crippen molar-refractivity contribution in [2.75, 3.05) is 25.0 Å². The summed E-state index contributed by atoms with van der Waals surface area (Å²) < 4.78 is 0. The SMILES string of the molecule is CCCNc1cnccc1C(=O)N1CCC(C)C1. The molecule has 1 atom stereocenters. The molecule has 2 rings (SSSR count). The number of aromatic nitrogens is 1. The molecule has 2 heterocycles. The van der Waals surface area contributed by atoms with Gasteiger partial charge in [-0.1, -0.05) is 13.8 Å². The number of anilines is 1. The average molecular weight is 247 g/mol. The van der Waals surface area contributed by atoms with Gasteiger partial charge in [0, 0.05) is 25.8 Å². The van der Waals surface area contributed by atoms with Crippen LogP contribution in [0.4, 0.5) is 5.69 Å². The summed E-state index contributed by atoms with van der Waals surface area (Å²) in [5, 5.41) is 3.27. The van der Waals surface area contributed by atoms with Crippen molar-refractivity contribution in [2.45, 2.75) is 26.7 Å². The molecule has 1 aliphatic rings. The Hall–Kier alpha value is -1.58. The van der Waals surface area contributed by atoms with Crippen molar-refractivity contribution >= 4 is 11.6 Å². The van der Waals surface area contributed by atoms with Crippen LogP contribution in [-0.4, -0.2) is 35.4 Å². The molecule has 0 aromatic carbocycles. The van der Waals surface area contributed by atoms with E-state index < -0.39 is 0 Å². The van der Waals surface area contributed by atoms with Gasteiger partial charge < -0.3 is 10.2 Å². The molecule has 98 valence electrons. The third-order valence-corrected chi connectivity index (χ3v) is 3.33. The first-order valence-electron chi connectivity index (χ1n) is 6.69. The first kappa shape index (κ1) is 12.9. The second-order valence-corrected chi connectivity index (χ2v) is 4.99. The lowest BCUT2D eigenvalue weighted by Gasteiger charge is -2.18. The van der Waals surface area contributed by atoms with Gasteiger partial charge in [0.25, 0.3) is 5.91 Å². The molecule has 0 radical (unpaired) electrons. The Bertz CT molecular complexity index is 419. The summed E-state index contributed by atoms with van der Waals surface area (Å²) in [5.41, 5.74) is 1.59. The number of pyridine rings is 1. The first-order chi connectivity index (χ1) is 8.72. The molecule has 0 bridgehead atoms. The standard InChI is InChI=1S/C14H21N3O/c1-3-6-16-13-9-15-7-4-12(13)14(18)17-8-5-11(2)10-17/h4,7,9,11,16H,3,5-6,8,10H2,1-2H3. The minimum Gasteiger partial charge on any atom is -0.383 e. The maximum atomic E-state index is 12.4. The minimum absolute atomic E-state index is 0.125. The van der Waals surface area contributed by atoms with Crippen molar-refractivity contribution in [2.24, 2.45) is 5.92 Å². The number of nitrogens with zero attached hydrogens (tertiary/aromatic N) is 2. The Kier molecular flexibility index (Phi) is 4.18. The van der Waals surface area contributed by atoms with E-state index in [0.717, 1.165) is 43.7 Å². The van der Waals surface area contributed by atoms with Gasteiger partial charge >= 0.3 is 0 Å². The van der Waals surface area contributed by atoms with Crippen LogP contribution < -0.4 is 5.32 Å². The number of rotatable bonds is 4. The van der Waals surface area contributed by atoms with Crippen LogP contribution in [0.1, 0.15) is 37.0 Å². The zero-order valence-electron chi connectivity index (χ0n) is 11.1. The molecular weight excluding hydrogens is 226 g/mol. The maximum absolute atomic E-state index is 12.4. The molecule has 1 aromatic rings. The van der Waals surface area contributed by atoms with Gasteiger partial charge in [0.05, 0.1) is 17.4 Å². The minimum atomic E-state index is 0.125. The van der Waals surface area contributed by atoms with Gasteiger partial charge in [0.2, 0.25) is 0 Å². The van der Waals surface area contributed by atoms with Crippen molar-refractivity contribution in [3.8, 4) is 0 Å². The number of carbonyl (C=O) groups is 1. The van der Waals surface area contributed by atoms with Crippen molar-refractivity contribution in [1.82, 2.24) is 9.88 Å². The van der Waals surface area contributed by atoms with E-state index in [-0.39, 0.29) is 5.91 Å². The fourth-order valence-corrected chi connectivity index (χ4v) is 2.27. The normalized spacial score (nSPS) is 19.0. The number of hydrogen-bond donors (Lipinski definition) is 1. The van der Waals surface area contributed by atoms with Crippen LogP contribution in [0.25, 0.3) is 0 Å². The van der Waals surface area contributed by atoms with E-state index in [2.05, 4.69) is 24.1 Å². The van der Waals surface area contributed by atoms with Crippen molar-refractivity contribution in [3.63, 3.8) is 0 Å². The highest BCUT2D eigenvalue weighted by Gasteiger charge is 2.25. The molecule has 4 heteroatoms. The predicted octanol–water partition coefficient (Wildman–Crippen LogP) is 2.39. The van der Waals surface area contributed by atoms with Crippen molar-refractivity contribution in [1.29, 1.82) is 0 Å². The van der Waals surface area contributed by atoms with E-state index in [1.807, 2.05) is 11.0 Å². The molecular formula is C14H21N3O. The van der Waals surface area contributed by atoms with Crippen molar-refractivity contribution < 1.29 is 4.79 Å². The highest BCUT2D eigenvalue weighted by atomic mass is 16.2. The second-order valence-electron chi connectivity index (χ2n) is 4.99. The number of carbonyl (C=O) groups excluding carboxylic acids is 1. The predicted molar refractivity (Wildman–Crippen MR) is 72.7 cm³/mol. The second kappa shape index (κ2) is 5.85. The van der Waals surface area contributed by atoms with E-state index >= 15 is 0 Å². The average Bonchev–Trinajstić information content (AvgIpc) is 2.82. The fourth-order valence-electron chi connectivity index (χ4n) is 2.27. The van der Waals surface area contributed by atoms with Crippen LogP contribution in [0.3, 0.4) is 0 Å². The molecule has 4 nitrogen and oxygen atoms in total. The molecule has 18 heavy (non-hydrogen) atoms. The summed E-state index contributed by atoms with van der Waals surface area (Å²) in [6.07, 6.45) is 5.56.